The van der Waals surface area contributed by atoms with Crippen molar-refractivity contribution >= 4 is 35.2 Å². The van der Waals surface area contributed by atoms with Crippen molar-refractivity contribution in [2.45, 2.75) is 6.92 Å². The number of carbonyl (C=O) groups excluding carboxylic acids is 2. The second kappa shape index (κ2) is 7.64. The molecule has 126 valence electrons. The molecule has 0 saturated heterocycles. The second-order valence-corrected chi connectivity index (χ2v) is 6.75. The van der Waals surface area contributed by atoms with Gasteiger partial charge in [-0.1, -0.05) is 54.1 Å². The molecule has 0 radical (unpaired) electrons. The molecule has 0 N–H and O–H groups in total. The molecule has 0 bridgehead atoms. The average molecular weight is 371 g/mol. The molecular formula is C20H15ClO3S. The lowest BCUT2D eigenvalue weighted by Gasteiger charge is -2.08. The number of benzene rings is 2. The molecule has 0 atom stereocenters. The quantitative estimate of drug-likeness (QED) is 0.426. The van der Waals surface area contributed by atoms with Crippen LogP contribution in [0.4, 0.5) is 0 Å². The zero-order chi connectivity index (χ0) is 17.8. The standard InChI is InChI=1S/C20H15ClO3S/c1-2-24-20(23)18-17(13-6-4-3-5-7-13)16(12-22)25-19(18)14-8-10-15(21)11-9-14/h3-12H,2H2,1H3. The van der Waals surface area contributed by atoms with Gasteiger partial charge in [0.2, 0.25) is 0 Å². The first-order chi connectivity index (χ1) is 12.2. The van der Waals surface area contributed by atoms with Gasteiger partial charge in [-0.15, -0.1) is 11.3 Å². The largest absolute Gasteiger partial charge is 0.462 e. The number of aldehydes is 1. The van der Waals surface area contributed by atoms with Crippen molar-refractivity contribution < 1.29 is 14.3 Å². The third-order valence-electron chi connectivity index (χ3n) is 3.69. The van der Waals surface area contributed by atoms with Crippen LogP contribution in [0.25, 0.3) is 21.6 Å². The van der Waals surface area contributed by atoms with Gasteiger partial charge in [-0.3, -0.25) is 4.79 Å². The summed E-state index contributed by atoms with van der Waals surface area (Å²) in [6.07, 6.45) is 0.787. The fraction of sp³-hybridized carbons (Fsp3) is 0.100. The first-order valence-electron chi connectivity index (χ1n) is 7.76. The molecule has 0 aliphatic heterocycles. The Morgan fingerprint density at radius 1 is 1.08 bits per heavy atom. The van der Waals surface area contributed by atoms with Gasteiger partial charge in [0.1, 0.15) is 0 Å². The van der Waals surface area contributed by atoms with E-state index in [1.807, 2.05) is 42.5 Å². The van der Waals surface area contributed by atoms with Gasteiger partial charge in [0.25, 0.3) is 0 Å². The number of thiophene rings is 1. The van der Waals surface area contributed by atoms with E-state index in [9.17, 15) is 9.59 Å². The van der Waals surface area contributed by atoms with Crippen LogP contribution in [0.1, 0.15) is 27.0 Å². The van der Waals surface area contributed by atoms with Gasteiger partial charge in [0, 0.05) is 10.6 Å². The van der Waals surface area contributed by atoms with E-state index in [2.05, 4.69) is 0 Å². The van der Waals surface area contributed by atoms with E-state index in [4.69, 9.17) is 16.3 Å². The number of halogens is 1. The predicted octanol–water partition coefficient (Wildman–Crippen LogP) is 5.72. The lowest BCUT2D eigenvalue weighted by atomic mass is 9.98. The van der Waals surface area contributed by atoms with Crippen molar-refractivity contribution in [2.75, 3.05) is 6.61 Å². The van der Waals surface area contributed by atoms with Crippen molar-refractivity contribution in [3.05, 3.63) is 70.1 Å². The summed E-state index contributed by atoms with van der Waals surface area (Å²) in [5.41, 5.74) is 2.67. The molecule has 3 aromatic rings. The van der Waals surface area contributed by atoms with Crippen molar-refractivity contribution in [1.29, 1.82) is 0 Å². The zero-order valence-corrected chi connectivity index (χ0v) is 15.1. The summed E-state index contributed by atoms with van der Waals surface area (Å²) in [5.74, 6) is -0.435. The van der Waals surface area contributed by atoms with Gasteiger partial charge < -0.3 is 4.74 Å². The molecule has 1 aromatic heterocycles. The van der Waals surface area contributed by atoms with Crippen LogP contribution in [0.15, 0.2) is 54.6 Å². The monoisotopic (exact) mass is 370 g/mol. The second-order valence-electron chi connectivity index (χ2n) is 5.26. The minimum absolute atomic E-state index is 0.263. The van der Waals surface area contributed by atoms with Crippen LogP contribution in [0, 0.1) is 0 Å². The summed E-state index contributed by atoms with van der Waals surface area (Å²) in [7, 11) is 0. The minimum atomic E-state index is -0.435. The van der Waals surface area contributed by atoms with Gasteiger partial charge in [-0.2, -0.15) is 0 Å². The third kappa shape index (κ3) is 3.50. The van der Waals surface area contributed by atoms with Crippen LogP contribution in [0.5, 0.6) is 0 Å². The van der Waals surface area contributed by atoms with Crippen LogP contribution in [-0.2, 0) is 4.74 Å². The topological polar surface area (TPSA) is 43.4 Å². The Balaban J connectivity index is 2.28. The van der Waals surface area contributed by atoms with Crippen molar-refractivity contribution in [3.63, 3.8) is 0 Å². The highest BCUT2D eigenvalue weighted by Crippen LogP contribution is 2.42. The van der Waals surface area contributed by atoms with Crippen LogP contribution in [-0.4, -0.2) is 18.9 Å². The number of rotatable bonds is 5. The predicted molar refractivity (Wildman–Crippen MR) is 102 cm³/mol. The van der Waals surface area contributed by atoms with Crippen LogP contribution in [0.3, 0.4) is 0 Å². The van der Waals surface area contributed by atoms with Gasteiger partial charge in [-0.05, 0) is 30.2 Å². The van der Waals surface area contributed by atoms with E-state index in [1.54, 1.807) is 19.1 Å². The molecular weight excluding hydrogens is 356 g/mol. The molecule has 3 rings (SSSR count). The Hall–Kier alpha value is -2.43. The molecule has 5 heteroatoms. The maximum absolute atomic E-state index is 12.7. The SMILES string of the molecule is CCOC(=O)c1c(-c2ccc(Cl)cc2)sc(C=O)c1-c1ccccc1. The first-order valence-corrected chi connectivity index (χ1v) is 8.95. The molecule has 0 unspecified atom stereocenters. The molecule has 25 heavy (non-hydrogen) atoms. The summed E-state index contributed by atoms with van der Waals surface area (Å²) >= 11 is 7.25. The summed E-state index contributed by atoms with van der Waals surface area (Å²) in [4.78, 5) is 25.5. The third-order valence-corrected chi connectivity index (χ3v) is 5.11. The molecule has 0 fully saturated rings. The average Bonchev–Trinajstić information content (AvgIpc) is 3.03. The smallest absolute Gasteiger partial charge is 0.340 e. The van der Waals surface area contributed by atoms with Crippen LogP contribution < -0.4 is 0 Å². The summed E-state index contributed by atoms with van der Waals surface area (Å²) < 4.78 is 5.26. The number of hydrogen-bond acceptors (Lipinski definition) is 4. The van der Waals surface area contributed by atoms with Gasteiger partial charge >= 0.3 is 5.97 Å². The number of ether oxygens (including phenoxy) is 1. The highest BCUT2D eigenvalue weighted by atomic mass is 35.5. The highest BCUT2D eigenvalue weighted by molar-refractivity contribution is 7.18. The maximum Gasteiger partial charge on any atom is 0.340 e. The number of carbonyl (C=O) groups is 2. The number of hydrogen-bond donors (Lipinski definition) is 0. The molecule has 2 aromatic carbocycles. The maximum atomic E-state index is 12.7. The molecule has 0 spiro atoms. The van der Waals surface area contributed by atoms with E-state index < -0.39 is 5.97 Å². The highest BCUT2D eigenvalue weighted by Gasteiger charge is 2.26. The Labute approximate surface area is 154 Å². The van der Waals surface area contributed by atoms with Gasteiger partial charge in [-0.25, -0.2) is 4.79 Å². The Morgan fingerprint density at radius 3 is 2.36 bits per heavy atom. The fourth-order valence-corrected chi connectivity index (χ4v) is 3.88. The summed E-state index contributed by atoms with van der Waals surface area (Å²) in [6, 6.07) is 16.6. The van der Waals surface area contributed by atoms with Crippen molar-refractivity contribution in [2.24, 2.45) is 0 Å². The fourth-order valence-electron chi connectivity index (χ4n) is 2.63. The lowest BCUT2D eigenvalue weighted by molar-refractivity contribution is 0.0528. The summed E-state index contributed by atoms with van der Waals surface area (Å²) in [5, 5.41) is 0.608. The van der Waals surface area contributed by atoms with E-state index in [-0.39, 0.29) is 6.61 Å². The molecule has 0 amide bonds. The molecule has 0 aliphatic carbocycles. The molecule has 1 heterocycles. The van der Waals surface area contributed by atoms with E-state index >= 15 is 0 Å². The minimum Gasteiger partial charge on any atom is -0.462 e. The Morgan fingerprint density at radius 2 is 1.76 bits per heavy atom. The first kappa shape index (κ1) is 17.4. The number of esters is 1. The van der Waals surface area contributed by atoms with Crippen molar-refractivity contribution in [1.82, 2.24) is 0 Å². The molecule has 0 aliphatic rings. The summed E-state index contributed by atoms with van der Waals surface area (Å²) in [6.45, 7) is 2.02. The van der Waals surface area contributed by atoms with Crippen LogP contribution in [0.2, 0.25) is 5.02 Å². The lowest BCUT2D eigenvalue weighted by Crippen LogP contribution is -2.06. The van der Waals surface area contributed by atoms with Gasteiger partial charge in [0.05, 0.1) is 21.9 Å². The van der Waals surface area contributed by atoms with Gasteiger partial charge in [0.15, 0.2) is 6.29 Å². The Kier molecular flexibility index (Phi) is 5.31. The molecule has 0 saturated carbocycles. The van der Waals surface area contributed by atoms with E-state index in [0.717, 1.165) is 17.4 Å². The zero-order valence-electron chi connectivity index (χ0n) is 13.5. The molecule has 3 nitrogen and oxygen atoms in total. The Bertz CT molecular complexity index is 899. The van der Waals surface area contributed by atoms with Crippen molar-refractivity contribution in [3.8, 4) is 21.6 Å². The normalized spacial score (nSPS) is 10.5. The van der Waals surface area contributed by atoms with E-state index in [1.165, 1.54) is 11.3 Å². The van der Waals surface area contributed by atoms with E-state index in [0.29, 0.717) is 25.9 Å². The van der Waals surface area contributed by atoms with Crippen LogP contribution >= 0.6 is 22.9 Å².